The van der Waals surface area contributed by atoms with Crippen LogP contribution in [0.3, 0.4) is 0 Å². The van der Waals surface area contributed by atoms with E-state index in [2.05, 4.69) is 20.1 Å². The highest BCUT2D eigenvalue weighted by molar-refractivity contribution is 6.30. The predicted octanol–water partition coefficient (Wildman–Crippen LogP) is 1.83. The first-order valence-corrected chi connectivity index (χ1v) is 6.31. The highest BCUT2D eigenvalue weighted by Crippen LogP contribution is 2.15. The molecule has 102 valence electrons. The summed E-state index contributed by atoms with van der Waals surface area (Å²) in [6, 6.07) is 3.30. The third kappa shape index (κ3) is 2.23. The molecule has 0 aliphatic carbocycles. The Bertz CT molecular complexity index is 787. The van der Waals surface area contributed by atoms with Crippen molar-refractivity contribution in [2.75, 3.05) is 0 Å². The van der Waals surface area contributed by atoms with Crippen LogP contribution in [0.25, 0.3) is 17.4 Å². The first-order valence-electron chi connectivity index (χ1n) is 5.94. The van der Waals surface area contributed by atoms with Crippen molar-refractivity contribution < 1.29 is 4.52 Å². The summed E-state index contributed by atoms with van der Waals surface area (Å²) in [6.07, 6.45) is 3.69. The minimum absolute atomic E-state index is 0.270. The maximum atomic E-state index is 11.9. The fourth-order valence-electron chi connectivity index (χ4n) is 1.69. The van der Waals surface area contributed by atoms with Crippen LogP contribution >= 0.6 is 11.6 Å². The van der Waals surface area contributed by atoms with E-state index in [-0.39, 0.29) is 11.6 Å². The second-order valence-corrected chi connectivity index (χ2v) is 4.48. The lowest BCUT2D eigenvalue weighted by molar-refractivity contribution is 0.422. The summed E-state index contributed by atoms with van der Waals surface area (Å²) in [5.41, 5.74) is 0.102. The maximum absolute atomic E-state index is 11.9. The summed E-state index contributed by atoms with van der Waals surface area (Å²) in [7, 11) is 0. The molecule has 3 aromatic heterocycles. The van der Waals surface area contributed by atoms with E-state index in [1.165, 1.54) is 10.8 Å². The lowest BCUT2D eigenvalue weighted by Crippen LogP contribution is -2.14. The highest BCUT2D eigenvalue weighted by atomic mass is 35.5. The van der Waals surface area contributed by atoms with Crippen molar-refractivity contribution in [3.05, 3.63) is 45.9 Å². The summed E-state index contributed by atoms with van der Waals surface area (Å²) in [6.45, 7) is 1.92. The lowest BCUT2D eigenvalue weighted by Gasteiger charge is -1.98. The molecule has 3 heterocycles. The fourth-order valence-corrected chi connectivity index (χ4v) is 1.80. The molecule has 0 aromatic carbocycles. The molecule has 0 bridgehead atoms. The maximum Gasteiger partial charge on any atom is 0.331 e. The summed E-state index contributed by atoms with van der Waals surface area (Å²) in [5.74, 6) is 1.31. The summed E-state index contributed by atoms with van der Waals surface area (Å²) in [4.78, 5) is 22.8. The van der Waals surface area contributed by atoms with Gasteiger partial charge in [0.1, 0.15) is 11.5 Å². The number of pyridine rings is 1. The Morgan fingerprint density at radius 2 is 2.30 bits per heavy atom. The van der Waals surface area contributed by atoms with E-state index >= 15 is 0 Å². The molecular formula is C12H10ClN5O2. The van der Waals surface area contributed by atoms with Crippen LogP contribution in [0, 0.1) is 0 Å². The van der Waals surface area contributed by atoms with Crippen LogP contribution in [-0.4, -0.2) is 24.7 Å². The zero-order valence-electron chi connectivity index (χ0n) is 10.5. The number of aromatic amines is 1. The molecule has 0 unspecified atom stereocenters. The van der Waals surface area contributed by atoms with Gasteiger partial charge in [0.05, 0.1) is 5.02 Å². The molecule has 3 aromatic rings. The summed E-state index contributed by atoms with van der Waals surface area (Å²) in [5, 5.41) is 4.29. The Morgan fingerprint density at radius 1 is 1.45 bits per heavy atom. The van der Waals surface area contributed by atoms with Crippen LogP contribution in [0.1, 0.15) is 12.7 Å². The van der Waals surface area contributed by atoms with Crippen molar-refractivity contribution in [1.82, 2.24) is 24.7 Å². The average Bonchev–Trinajstić information content (AvgIpc) is 3.06. The minimum Gasteiger partial charge on any atom is -0.332 e. The number of rotatable bonds is 3. The predicted molar refractivity (Wildman–Crippen MR) is 71.9 cm³/mol. The van der Waals surface area contributed by atoms with E-state index in [9.17, 15) is 4.79 Å². The lowest BCUT2D eigenvalue weighted by atomic mass is 10.4. The second kappa shape index (κ2) is 4.93. The van der Waals surface area contributed by atoms with Crippen molar-refractivity contribution >= 4 is 11.6 Å². The van der Waals surface area contributed by atoms with E-state index in [1.807, 2.05) is 6.92 Å². The van der Waals surface area contributed by atoms with Crippen molar-refractivity contribution in [2.45, 2.75) is 13.3 Å². The normalized spacial score (nSPS) is 10.9. The van der Waals surface area contributed by atoms with Crippen molar-refractivity contribution in [1.29, 1.82) is 0 Å². The smallest absolute Gasteiger partial charge is 0.331 e. The molecule has 3 rings (SSSR count). The highest BCUT2D eigenvalue weighted by Gasteiger charge is 2.13. The molecule has 0 amide bonds. The zero-order valence-corrected chi connectivity index (χ0v) is 11.3. The van der Waals surface area contributed by atoms with Crippen LogP contribution in [-0.2, 0) is 6.42 Å². The average molecular weight is 292 g/mol. The molecule has 20 heavy (non-hydrogen) atoms. The first-order chi connectivity index (χ1) is 9.67. The van der Waals surface area contributed by atoms with Gasteiger partial charge in [-0.1, -0.05) is 23.7 Å². The minimum atomic E-state index is -0.342. The van der Waals surface area contributed by atoms with Gasteiger partial charge >= 0.3 is 5.69 Å². The number of H-pyrrole nitrogens is 1. The largest absolute Gasteiger partial charge is 0.332 e. The SMILES string of the molecule is CCc1noc(-c2cn(-c3ccc(Cl)cn3)c(=O)[nH]2)n1. The molecule has 0 saturated carbocycles. The molecule has 0 fully saturated rings. The number of imidazole rings is 1. The molecule has 0 atom stereocenters. The molecule has 0 aliphatic rings. The Morgan fingerprint density at radius 3 is 2.95 bits per heavy atom. The zero-order chi connectivity index (χ0) is 14.1. The molecule has 7 nitrogen and oxygen atoms in total. The second-order valence-electron chi connectivity index (χ2n) is 4.05. The van der Waals surface area contributed by atoms with Crippen LogP contribution in [0.4, 0.5) is 0 Å². The van der Waals surface area contributed by atoms with Gasteiger partial charge in [-0.3, -0.25) is 4.57 Å². The molecule has 0 saturated heterocycles. The van der Waals surface area contributed by atoms with Gasteiger partial charge in [-0.25, -0.2) is 9.78 Å². The van der Waals surface area contributed by atoms with Gasteiger partial charge in [-0.15, -0.1) is 0 Å². The standard InChI is InChI=1S/C12H10ClN5O2/c1-2-9-16-11(20-17-9)8-6-18(12(19)15-8)10-4-3-7(13)5-14-10/h3-6H,2H2,1H3,(H,15,19). The number of aryl methyl sites for hydroxylation is 1. The van der Waals surface area contributed by atoms with E-state index in [0.717, 1.165) is 0 Å². The van der Waals surface area contributed by atoms with Gasteiger partial charge in [-0.05, 0) is 12.1 Å². The van der Waals surface area contributed by atoms with E-state index in [1.54, 1.807) is 18.3 Å². The van der Waals surface area contributed by atoms with Gasteiger partial charge < -0.3 is 9.51 Å². The van der Waals surface area contributed by atoms with Crippen LogP contribution in [0.15, 0.2) is 33.8 Å². The summed E-state index contributed by atoms with van der Waals surface area (Å²) < 4.78 is 6.43. The number of hydrogen-bond donors (Lipinski definition) is 1. The molecule has 0 radical (unpaired) electrons. The Hall–Kier alpha value is -2.41. The molecule has 8 heteroatoms. The molecular weight excluding hydrogens is 282 g/mol. The topological polar surface area (TPSA) is 89.6 Å². The Balaban J connectivity index is 2.02. The van der Waals surface area contributed by atoms with E-state index in [4.69, 9.17) is 16.1 Å². The first kappa shape index (κ1) is 12.6. The number of nitrogens with zero attached hydrogens (tertiary/aromatic N) is 4. The van der Waals surface area contributed by atoms with Crippen LogP contribution < -0.4 is 5.69 Å². The van der Waals surface area contributed by atoms with Gasteiger partial charge in [-0.2, -0.15) is 4.98 Å². The van der Waals surface area contributed by atoms with Crippen LogP contribution in [0.2, 0.25) is 5.02 Å². The molecule has 1 N–H and O–H groups in total. The van der Waals surface area contributed by atoms with Crippen LogP contribution in [0.5, 0.6) is 0 Å². The van der Waals surface area contributed by atoms with Gasteiger partial charge in [0.15, 0.2) is 5.82 Å². The van der Waals surface area contributed by atoms with Crippen molar-refractivity contribution in [2.24, 2.45) is 0 Å². The quantitative estimate of drug-likeness (QED) is 0.795. The number of aromatic nitrogens is 5. The van der Waals surface area contributed by atoms with Crippen molar-refractivity contribution in [3.63, 3.8) is 0 Å². The van der Waals surface area contributed by atoms with Gasteiger partial charge in [0.2, 0.25) is 0 Å². The summed E-state index contributed by atoms with van der Waals surface area (Å²) >= 11 is 5.77. The van der Waals surface area contributed by atoms with Gasteiger partial charge in [0.25, 0.3) is 5.89 Å². The van der Waals surface area contributed by atoms with Gasteiger partial charge in [0, 0.05) is 18.8 Å². The molecule has 0 aliphatic heterocycles. The Labute approximate surface area is 118 Å². The van der Waals surface area contributed by atoms with E-state index < -0.39 is 0 Å². The number of hydrogen-bond acceptors (Lipinski definition) is 5. The number of nitrogens with one attached hydrogen (secondary N) is 1. The Kier molecular flexibility index (Phi) is 3.11. The third-order valence-electron chi connectivity index (χ3n) is 2.69. The third-order valence-corrected chi connectivity index (χ3v) is 2.92. The number of halogens is 1. The van der Waals surface area contributed by atoms with E-state index in [0.29, 0.717) is 28.8 Å². The molecule has 0 spiro atoms. The fraction of sp³-hybridized carbons (Fsp3) is 0.167. The monoisotopic (exact) mass is 291 g/mol. The van der Waals surface area contributed by atoms with Crippen molar-refractivity contribution in [3.8, 4) is 17.4 Å².